The maximum Gasteiger partial charge on any atom is 0.407 e. The van der Waals surface area contributed by atoms with Gasteiger partial charge in [0.1, 0.15) is 0 Å². The maximum atomic E-state index is 11.5. The minimum Gasteiger partial charge on any atom is -0.299 e. The van der Waals surface area contributed by atoms with Crippen molar-refractivity contribution in [1.82, 2.24) is 0 Å². The van der Waals surface area contributed by atoms with Crippen molar-refractivity contribution in [3.8, 4) is 0 Å². The van der Waals surface area contributed by atoms with Gasteiger partial charge in [0.2, 0.25) is 5.92 Å². The number of carbonyl (C=O) groups is 1. The Bertz CT molecular complexity index is 166. The van der Waals surface area contributed by atoms with Crippen LogP contribution in [0.15, 0.2) is 0 Å². The van der Waals surface area contributed by atoms with Gasteiger partial charge in [0.05, 0.1) is 0 Å². The van der Waals surface area contributed by atoms with Gasteiger partial charge < -0.3 is 0 Å². The first-order valence-corrected chi connectivity index (χ1v) is 3.70. The molecule has 0 aromatic carbocycles. The van der Waals surface area contributed by atoms with Crippen LogP contribution >= 0.6 is 0 Å². The topological polar surface area (TPSA) is 17.1 Å². The summed E-state index contributed by atoms with van der Waals surface area (Å²) in [6.45, 7) is 4.26. The zero-order valence-corrected chi connectivity index (χ0v) is 7.75. The highest BCUT2D eigenvalue weighted by Crippen LogP contribution is 2.39. The van der Waals surface area contributed by atoms with Crippen molar-refractivity contribution < 1.29 is 31.1 Å². The lowest BCUT2D eigenvalue weighted by atomic mass is 10.1. The standard InChI is InChI=1S/C5H4F6O.C2H6/c1-2(12)3(4(6,7)8)5(9,10)11;1-2/h3H,1H3;1-2H3. The number of hydrogen-bond acceptors (Lipinski definition) is 1. The predicted molar refractivity (Wildman–Crippen MR) is 37.6 cm³/mol. The third-order valence-corrected chi connectivity index (χ3v) is 1.06. The summed E-state index contributed by atoms with van der Waals surface area (Å²) in [5.41, 5.74) is 0. The van der Waals surface area contributed by atoms with Crippen molar-refractivity contribution >= 4 is 5.78 Å². The van der Waals surface area contributed by atoms with E-state index in [0.29, 0.717) is 0 Å². The molecule has 0 atom stereocenters. The van der Waals surface area contributed by atoms with E-state index >= 15 is 0 Å². The number of ketones is 1. The maximum absolute atomic E-state index is 11.5. The van der Waals surface area contributed by atoms with Crippen LogP contribution in [0.5, 0.6) is 0 Å². The van der Waals surface area contributed by atoms with Crippen LogP contribution in [0.4, 0.5) is 26.3 Å². The van der Waals surface area contributed by atoms with Crippen molar-refractivity contribution in [2.45, 2.75) is 33.1 Å². The first kappa shape index (κ1) is 15.7. The molecule has 0 rings (SSSR count). The molecule has 0 N–H and O–H groups in total. The average molecular weight is 224 g/mol. The molecule has 0 aromatic heterocycles. The highest BCUT2D eigenvalue weighted by molar-refractivity contribution is 5.79. The number of rotatable bonds is 1. The highest BCUT2D eigenvalue weighted by atomic mass is 19.4. The van der Waals surface area contributed by atoms with Crippen molar-refractivity contribution in [2.24, 2.45) is 5.92 Å². The van der Waals surface area contributed by atoms with Gasteiger partial charge in [0, 0.05) is 0 Å². The first-order valence-electron chi connectivity index (χ1n) is 3.70. The molecule has 0 aromatic rings. The molecule has 0 saturated heterocycles. The van der Waals surface area contributed by atoms with Gasteiger partial charge in [0.25, 0.3) is 0 Å². The summed E-state index contributed by atoms with van der Waals surface area (Å²) >= 11 is 0. The van der Waals surface area contributed by atoms with Crippen LogP contribution in [0.25, 0.3) is 0 Å². The molecule has 0 unspecified atom stereocenters. The van der Waals surface area contributed by atoms with E-state index in [1.165, 1.54) is 0 Å². The van der Waals surface area contributed by atoms with Crippen LogP contribution in [0, 0.1) is 5.92 Å². The van der Waals surface area contributed by atoms with E-state index in [4.69, 9.17) is 0 Å². The fraction of sp³-hybridized carbons (Fsp3) is 0.857. The minimum atomic E-state index is -5.55. The molecule has 0 aliphatic heterocycles. The molecule has 0 aliphatic rings. The minimum absolute atomic E-state index is 0.256. The SMILES string of the molecule is CC.CC(=O)C(C(F)(F)F)C(F)(F)F. The number of halogens is 6. The largest absolute Gasteiger partial charge is 0.407 e. The van der Waals surface area contributed by atoms with Crippen LogP contribution in [0.3, 0.4) is 0 Å². The number of hydrogen-bond donors (Lipinski definition) is 0. The normalized spacial score (nSPS) is 12.1. The van der Waals surface area contributed by atoms with E-state index in [1.807, 2.05) is 13.8 Å². The third-order valence-electron chi connectivity index (χ3n) is 1.06. The Morgan fingerprint density at radius 2 is 1.14 bits per heavy atom. The van der Waals surface area contributed by atoms with Crippen molar-refractivity contribution in [3.63, 3.8) is 0 Å². The molecule has 0 saturated carbocycles. The molecule has 0 bridgehead atoms. The second-order valence-electron chi connectivity index (χ2n) is 2.13. The Morgan fingerprint density at radius 3 is 1.14 bits per heavy atom. The molecular formula is C7H10F6O. The summed E-state index contributed by atoms with van der Waals surface area (Å²) in [6, 6.07) is 0. The van der Waals surface area contributed by atoms with Gasteiger partial charge in [-0.15, -0.1) is 0 Å². The molecule has 7 heteroatoms. The van der Waals surface area contributed by atoms with Gasteiger partial charge in [0.15, 0.2) is 5.78 Å². The molecule has 0 amide bonds. The van der Waals surface area contributed by atoms with E-state index in [9.17, 15) is 31.1 Å². The van der Waals surface area contributed by atoms with Gasteiger partial charge in [-0.2, -0.15) is 26.3 Å². The van der Waals surface area contributed by atoms with Crippen LogP contribution < -0.4 is 0 Å². The first-order chi connectivity index (χ1) is 6.07. The lowest BCUT2D eigenvalue weighted by Crippen LogP contribution is -2.41. The summed E-state index contributed by atoms with van der Waals surface area (Å²) in [5.74, 6) is -5.81. The summed E-state index contributed by atoms with van der Waals surface area (Å²) in [7, 11) is 0. The van der Waals surface area contributed by atoms with Crippen molar-refractivity contribution in [3.05, 3.63) is 0 Å². The Hall–Kier alpha value is -0.750. The monoisotopic (exact) mass is 224 g/mol. The summed E-state index contributed by atoms with van der Waals surface area (Å²) in [5, 5.41) is 0. The van der Waals surface area contributed by atoms with Gasteiger partial charge in [-0.05, 0) is 6.92 Å². The number of Topliss-reactive ketones (excluding diaryl/α,β-unsaturated/α-hetero) is 1. The Kier molecular flexibility index (Phi) is 5.85. The second kappa shape index (κ2) is 5.21. The fourth-order valence-corrected chi connectivity index (χ4v) is 0.647. The zero-order chi connectivity index (χ0) is 12.2. The molecule has 86 valence electrons. The molecule has 0 aliphatic carbocycles. The van der Waals surface area contributed by atoms with Gasteiger partial charge in [-0.25, -0.2) is 0 Å². The summed E-state index contributed by atoms with van der Waals surface area (Å²) < 4.78 is 69.2. The van der Waals surface area contributed by atoms with E-state index in [-0.39, 0.29) is 6.92 Å². The zero-order valence-electron chi connectivity index (χ0n) is 7.75. The molecular weight excluding hydrogens is 214 g/mol. The quantitative estimate of drug-likeness (QED) is 0.624. The van der Waals surface area contributed by atoms with Gasteiger partial charge >= 0.3 is 12.4 Å². The lowest BCUT2D eigenvalue weighted by molar-refractivity contribution is -0.272. The van der Waals surface area contributed by atoms with Gasteiger partial charge in [-0.3, -0.25) is 4.79 Å². The highest BCUT2D eigenvalue weighted by Gasteiger charge is 2.59. The Morgan fingerprint density at radius 1 is 0.929 bits per heavy atom. The average Bonchev–Trinajstić information content (AvgIpc) is 1.82. The van der Waals surface area contributed by atoms with E-state index in [1.54, 1.807) is 0 Å². The molecule has 0 fully saturated rings. The molecule has 1 nitrogen and oxygen atoms in total. The number of carbonyl (C=O) groups excluding carboxylic acids is 1. The molecule has 0 radical (unpaired) electrons. The van der Waals surface area contributed by atoms with Gasteiger partial charge in [-0.1, -0.05) is 13.8 Å². The summed E-state index contributed by atoms with van der Waals surface area (Å²) in [4.78, 5) is 10.00. The Balaban J connectivity index is 0. The van der Waals surface area contributed by atoms with E-state index in [0.717, 1.165) is 0 Å². The Labute approximate surface area is 77.1 Å². The smallest absolute Gasteiger partial charge is 0.299 e. The number of alkyl halides is 6. The van der Waals surface area contributed by atoms with Crippen molar-refractivity contribution in [2.75, 3.05) is 0 Å². The van der Waals surface area contributed by atoms with E-state index < -0.39 is 24.1 Å². The molecule has 0 spiro atoms. The molecule has 14 heavy (non-hydrogen) atoms. The predicted octanol–water partition coefficient (Wildman–Crippen LogP) is 3.34. The lowest BCUT2D eigenvalue weighted by Gasteiger charge is -2.19. The second-order valence-corrected chi connectivity index (χ2v) is 2.13. The third kappa shape index (κ3) is 5.08. The van der Waals surface area contributed by atoms with Crippen LogP contribution in [0.2, 0.25) is 0 Å². The molecule has 0 heterocycles. The van der Waals surface area contributed by atoms with Crippen LogP contribution in [-0.2, 0) is 4.79 Å². The fourth-order valence-electron chi connectivity index (χ4n) is 0.647. The van der Waals surface area contributed by atoms with Crippen LogP contribution in [0.1, 0.15) is 20.8 Å². The van der Waals surface area contributed by atoms with Crippen LogP contribution in [-0.4, -0.2) is 18.1 Å². The summed E-state index contributed by atoms with van der Waals surface area (Å²) in [6.07, 6.45) is -11.1. The van der Waals surface area contributed by atoms with Crippen molar-refractivity contribution in [1.29, 1.82) is 0 Å². The van der Waals surface area contributed by atoms with E-state index in [2.05, 4.69) is 0 Å².